The average molecular weight is 349 g/mol. The zero-order chi connectivity index (χ0) is 17.3. The summed E-state index contributed by atoms with van der Waals surface area (Å²) in [5.74, 6) is -1.43. The van der Waals surface area contributed by atoms with Crippen molar-refractivity contribution in [3.05, 3.63) is 64.2 Å². The molecule has 0 aliphatic heterocycles. The molecular formula is C17H11ClF2N2O2. The fourth-order valence-corrected chi connectivity index (χ4v) is 2.49. The van der Waals surface area contributed by atoms with Crippen molar-refractivity contribution in [3.63, 3.8) is 0 Å². The van der Waals surface area contributed by atoms with Crippen LogP contribution in [0.5, 0.6) is 11.8 Å². The van der Waals surface area contributed by atoms with E-state index in [0.717, 1.165) is 6.21 Å². The van der Waals surface area contributed by atoms with Crippen LogP contribution in [-0.2, 0) is 6.61 Å². The number of hydrogen-bond donors (Lipinski definition) is 2. The van der Waals surface area contributed by atoms with Gasteiger partial charge in [-0.1, -0.05) is 17.7 Å². The molecule has 24 heavy (non-hydrogen) atoms. The van der Waals surface area contributed by atoms with E-state index in [1.54, 1.807) is 0 Å². The molecule has 4 nitrogen and oxygen atoms in total. The molecule has 7 heteroatoms. The lowest BCUT2D eigenvalue weighted by atomic mass is 10.1. The van der Waals surface area contributed by atoms with Gasteiger partial charge in [-0.2, -0.15) is 4.98 Å². The van der Waals surface area contributed by atoms with Gasteiger partial charge < -0.3 is 15.3 Å². The van der Waals surface area contributed by atoms with Crippen molar-refractivity contribution in [3.8, 4) is 11.8 Å². The van der Waals surface area contributed by atoms with Gasteiger partial charge in [-0.05, 0) is 30.3 Å². The minimum Gasteiger partial charge on any atom is -0.493 e. The molecule has 3 rings (SSSR count). The van der Waals surface area contributed by atoms with Crippen LogP contribution in [0.1, 0.15) is 11.1 Å². The van der Waals surface area contributed by atoms with Gasteiger partial charge >= 0.3 is 0 Å². The summed E-state index contributed by atoms with van der Waals surface area (Å²) >= 11 is 5.98. The molecule has 0 amide bonds. The van der Waals surface area contributed by atoms with Gasteiger partial charge in [0.2, 0.25) is 11.8 Å². The second-order valence-electron chi connectivity index (χ2n) is 5.01. The highest BCUT2D eigenvalue weighted by molar-refractivity contribution is 6.31. The Morgan fingerprint density at radius 3 is 2.58 bits per heavy atom. The van der Waals surface area contributed by atoms with E-state index in [1.807, 2.05) is 0 Å². The van der Waals surface area contributed by atoms with Gasteiger partial charge in [0, 0.05) is 27.6 Å². The van der Waals surface area contributed by atoms with Crippen LogP contribution in [0.4, 0.5) is 8.78 Å². The van der Waals surface area contributed by atoms with E-state index in [4.69, 9.17) is 21.7 Å². The summed E-state index contributed by atoms with van der Waals surface area (Å²) < 4.78 is 32.4. The summed E-state index contributed by atoms with van der Waals surface area (Å²) in [7, 11) is 0. The summed E-state index contributed by atoms with van der Waals surface area (Å²) in [6.45, 7) is -0.113. The minimum absolute atomic E-state index is 0.0343. The van der Waals surface area contributed by atoms with Crippen molar-refractivity contribution in [1.82, 2.24) is 4.98 Å². The predicted octanol–water partition coefficient (Wildman–Crippen LogP) is 4.45. The van der Waals surface area contributed by atoms with E-state index in [0.29, 0.717) is 21.4 Å². The molecule has 0 fully saturated rings. The van der Waals surface area contributed by atoms with Crippen molar-refractivity contribution < 1.29 is 18.6 Å². The molecular weight excluding hydrogens is 338 g/mol. The average Bonchev–Trinajstić information content (AvgIpc) is 2.56. The monoisotopic (exact) mass is 348 g/mol. The highest BCUT2D eigenvalue weighted by atomic mass is 35.5. The first-order valence-corrected chi connectivity index (χ1v) is 7.27. The van der Waals surface area contributed by atoms with Crippen LogP contribution in [0, 0.1) is 17.0 Å². The van der Waals surface area contributed by atoms with Crippen LogP contribution in [-0.4, -0.2) is 16.3 Å². The third-order valence-corrected chi connectivity index (χ3v) is 3.84. The molecule has 0 spiro atoms. The Hall–Kier alpha value is -2.73. The van der Waals surface area contributed by atoms with E-state index < -0.39 is 17.5 Å². The van der Waals surface area contributed by atoms with Gasteiger partial charge in [-0.25, -0.2) is 8.78 Å². The highest BCUT2D eigenvalue weighted by Crippen LogP contribution is 2.32. The molecule has 0 atom stereocenters. The zero-order valence-electron chi connectivity index (χ0n) is 12.2. The predicted molar refractivity (Wildman–Crippen MR) is 87.0 cm³/mol. The summed E-state index contributed by atoms with van der Waals surface area (Å²) in [4.78, 5) is 3.86. The second-order valence-corrected chi connectivity index (χ2v) is 5.42. The van der Waals surface area contributed by atoms with Gasteiger partial charge in [0.15, 0.2) is 0 Å². The molecule has 0 aliphatic rings. The fraction of sp³-hybridized carbons (Fsp3) is 0.0588. The summed E-state index contributed by atoms with van der Waals surface area (Å²) in [5.41, 5.74) is 0.541. The number of rotatable bonds is 4. The third-order valence-electron chi connectivity index (χ3n) is 3.47. The Kier molecular flexibility index (Phi) is 4.31. The second kappa shape index (κ2) is 6.41. The van der Waals surface area contributed by atoms with Gasteiger partial charge in [0.25, 0.3) is 0 Å². The molecule has 2 aromatic carbocycles. The molecule has 0 radical (unpaired) electrons. The highest BCUT2D eigenvalue weighted by Gasteiger charge is 2.14. The lowest BCUT2D eigenvalue weighted by molar-refractivity contribution is 0.292. The van der Waals surface area contributed by atoms with Crippen LogP contribution in [0.15, 0.2) is 36.4 Å². The number of fused-ring (bicyclic) bond motifs is 1. The first kappa shape index (κ1) is 16.1. The van der Waals surface area contributed by atoms with Crippen molar-refractivity contribution in [1.29, 1.82) is 5.41 Å². The van der Waals surface area contributed by atoms with Crippen LogP contribution in [0.3, 0.4) is 0 Å². The Morgan fingerprint density at radius 1 is 1.12 bits per heavy atom. The van der Waals surface area contributed by atoms with E-state index in [9.17, 15) is 13.9 Å². The fourth-order valence-electron chi connectivity index (χ4n) is 2.32. The molecule has 3 aromatic rings. The molecule has 0 bridgehead atoms. The normalized spacial score (nSPS) is 10.8. The molecule has 1 heterocycles. The smallest absolute Gasteiger partial charge is 0.225 e. The largest absolute Gasteiger partial charge is 0.493 e. The van der Waals surface area contributed by atoms with E-state index in [1.165, 1.54) is 36.4 Å². The minimum atomic E-state index is -0.514. The summed E-state index contributed by atoms with van der Waals surface area (Å²) in [5, 5.41) is 18.3. The lowest BCUT2D eigenvalue weighted by Crippen LogP contribution is -2.01. The number of benzene rings is 2. The zero-order valence-corrected chi connectivity index (χ0v) is 12.9. The molecule has 1 aromatic heterocycles. The number of nitrogens with one attached hydrogen (secondary N) is 1. The maximum atomic E-state index is 13.6. The number of hydrogen-bond acceptors (Lipinski definition) is 4. The van der Waals surface area contributed by atoms with Crippen LogP contribution < -0.4 is 4.74 Å². The van der Waals surface area contributed by atoms with Crippen molar-refractivity contribution in [2.75, 3.05) is 0 Å². The van der Waals surface area contributed by atoms with Gasteiger partial charge in [0.1, 0.15) is 18.2 Å². The standard InChI is InChI=1S/C17H11ClF2N2O2/c18-15-4-2-10(19)5-9(15)8-24-17-13-6-11(20)1-3-12(13)14(7-21)16(23)22-17/h1-7,21H,8H2,(H,22,23). The molecule has 0 saturated carbocycles. The summed E-state index contributed by atoms with van der Waals surface area (Å²) in [6, 6.07) is 7.67. The summed E-state index contributed by atoms with van der Waals surface area (Å²) in [6.07, 6.45) is 0.926. The molecule has 2 N–H and O–H groups in total. The number of ether oxygens (including phenoxy) is 1. The first-order chi connectivity index (χ1) is 11.5. The van der Waals surface area contributed by atoms with E-state index in [2.05, 4.69) is 4.98 Å². The first-order valence-electron chi connectivity index (χ1n) is 6.89. The van der Waals surface area contributed by atoms with Crippen molar-refractivity contribution in [2.45, 2.75) is 6.61 Å². The van der Waals surface area contributed by atoms with Crippen LogP contribution >= 0.6 is 11.6 Å². The van der Waals surface area contributed by atoms with Crippen LogP contribution in [0.2, 0.25) is 5.02 Å². The van der Waals surface area contributed by atoms with Crippen LogP contribution in [0.25, 0.3) is 10.8 Å². The number of halogens is 3. The van der Waals surface area contributed by atoms with E-state index >= 15 is 0 Å². The SMILES string of the molecule is N=Cc1c(O)nc(OCc2cc(F)ccc2Cl)c2cc(F)ccc12. The Morgan fingerprint density at radius 2 is 1.83 bits per heavy atom. The van der Waals surface area contributed by atoms with Gasteiger partial charge in [0.05, 0.1) is 5.56 Å². The molecule has 0 saturated heterocycles. The number of pyridine rings is 1. The number of nitrogens with zero attached hydrogens (tertiary/aromatic N) is 1. The lowest BCUT2D eigenvalue weighted by Gasteiger charge is -2.12. The molecule has 122 valence electrons. The Labute approximate surface area is 140 Å². The van der Waals surface area contributed by atoms with Gasteiger partial charge in [-0.3, -0.25) is 0 Å². The molecule has 0 aliphatic carbocycles. The Balaban J connectivity index is 2.04. The third kappa shape index (κ3) is 3.00. The van der Waals surface area contributed by atoms with E-state index in [-0.39, 0.29) is 18.1 Å². The van der Waals surface area contributed by atoms with Gasteiger partial charge in [-0.15, -0.1) is 0 Å². The quantitative estimate of drug-likeness (QED) is 0.685. The van der Waals surface area contributed by atoms with Crippen molar-refractivity contribution in [2.24, 2.45) is 0 Å². The number of aromatic nitrogens is 1. The number of aromatic hydroxyl groups is 1. The topological polar surface area (TPSA) is 66.2 Å². The molecule has 0 unspecified atom stereocenters. The maximum absolute atomic E-state index is 13.6. The van der Waals surface area contributed by atoms with Crippen molar-refractivity contribution >= 4 is 28.6 Å². The Bertz CT molecular complexity index is 948. The maximum Gasteiger partial charge on any atom is 0.225 e.